The van der Waals surface area contributed by atoms with Gasteiger partial charge < -0.3 is 10.1 Å². The lowest BCUT2D eigenvalue weighted by atomic mass is 10.0. The van der Waals surface area contributed by atoms with Crippen molar-refractivity contribution >= 4 is 5.91 Å². The second kappa shape index (κ2) is 10.7. The third-order valence-electron chi connectivity index (χ3n) is 5.25. The minimum Gasteiger partial charge on any atom is -0.496 e. The molecule has 1 amide bonds. The summed E-state index contributed by atoms with van der Waals surface area (Å²) >= 11 is 0. The van der Waals surface area contributed by atoms with E-state index in [4.69, 9.17) is 4.74 Å². The van der Waals surface area contributed by atoms with Gasteiger partial charge in [0, 0.05) is 44.3 Å². The van der Waals surface area contributed by atoms with Gasteiger partial charge in [-0.15, -0.1) is 0 Å². The largest absolute Gasteiger partial charge is 0.496 e. The van der Waals surface area contributed by atoms with E-state index < -0.39 is 0 Å². The molecule has 1 aliphatic heterocycles. The Labute approximate surface area is 165 Å². The quantitative estimate of drug-likeness (QED) is 0.720. The number of nitrogens with zero attached hydrogens (tertiary/aromatic N) is 2. The molecule has 1 heterocycles. The van der Waals surface area contributed by atoms with E-state index in [9.17, 15) is 4.79 Å². The Hall–Kier alpha value is -1.59. The summed E-state index contributed by atoms with van der Waals surface area (Å²) in [6.07, 6.45) is 2.21. The molecule has 5 heteroatoms. The maximum Gasteiger partial charge on any atom is 0.234 e. The van der Waals surface area contributed by atoms with Crippen LogP contribution in [0.4, 0.5) is 0 Å². The summed E-state index contributed by atoms with van der Waals surface area (Å²) in [6, 6.07) is 6.60. The molecule has 5 nitrogen and oxygen atoms in total. The van der Waals surface area contributed by atoms with Crippen LogP contribution in [-0.4, -0.2) is 61.6 Å². The average molecular weight is 376 g/mol. The van der Waals surface area contributed by atoms with E-state index in [2.05, 4.69) is 54.9 Å². The topological polar surface area (TPSA) is 44.8 Å². The SMILES string of the molecule is COc1ccc(C)cc1CN1CCN(CC(=O)N[C@@H](C)CCC(C)C)CC1. The molecule has 0 saturated carbocycles. The van der Waals surface area contributed by atoms with E-state index in [1.165, 1.54) is 11.1 Å². The fourth-order valence-electron chi connectivity index (χ4n) is 3.56. The number of nitrogens with one attached hydrogen (secondary N) is 1. The highest BCUT2D eigenvalue weighted by Gasteiger charge is 2.20. The van der Waals surface area contributed by atoms with Gasteiger partial charge in [0.2, 0.25) is 5.91 Å². The molecule has 1 fully saturated rings. The minimum atomic E-state index is 0.153. The molecule has 1 aliphatic rings. The van der Waals surface area contributed by atoms with Crippen molar-refractivity contribution in [1.29, 1.82) is 0 Å². The van der Waals surface area contributed by atoms with Crippen LogP contribution in [0.3, 0.4) is 0 Å². The third-order valence-corrected chi connectivity index (χ3v) is 5.25. The highest BCUT2D eigenvalue weighted by Crippen LogP contribution is 2.22. The zero-order valence-corrected chi connectivity index (χ0v) is 17.8. The van der Waals surface area contributed by atoms with Gasteiger partial charge in [0.05, 0.1) is 13.7 Å². The number of carbonyl (C=O) groups is 1. The number of benzene rings is 1. The Morgan fingerprint density at radius 1 is 1.11 bits per heavy atom. The fraction of sp³-hybridized carbons (Fsp3) is 0.682. The van der Waals surface area contributed by atoms with Gasteiger partial charge >= 0.3 is 0 Å². The van der Waals surface area contributed by atoms with Crippen LogP contribution in [0, 0.1) is 12.8 Å². The Balaban J connectivity index is 1.74. The van der Waals surface area contributed by atoms with Crippen molar-refractivity contribution in [3.63, 3.8) is 0 Å². The fourth-order valence-corrected chi connectivity index (χ4v) is 3.56. The van der Waals surface area contributed by atoms with Gasteiger partial charge in [-0.2, -0.15) is 0 Å². The van der Waals surface area contributed by atoms with Crippen molar-refractivity contribution < 1.29 is 9.53 Å². The smallest absolute Gasteiger partial charge is 0.234 e. The highest BCUT2D eigenvalue weighted by atomic mass is 16.5. The van der Waals surface area contributed by atoms with Crippen LogP contribution in [0.5, 0.6) is 5.75 Å². The predicted octanol–water partition coefficient (Wildman–Crippen LogP) is 3.06. The Morgan fingerprint density at radius 3 is 2.41 bits per heavy atom. The van der Waals surface area contributed by atoms with Gasteiger partial charge in [-0.1, -0.05) is 31.5 Å². The summed E-state index contributed by atoms with van der Waals surface area (Å²) in [5.41, 5.74) is 2.50. The van der Waals surface area contributed by atoms with E-state index >= 15 is 0 Å². The summed E-state index contributed by atoms with van der Waals surface area (Å²) in [6.45, 7) is 13.9. The standard InChI is InChI=1S/C22H37N3O2/c1-17(2)6-8-19(4)23-22(26)16-25-12-10-24(11-13-25)15-20-14-18(3)7-9-21(20)27-5/h7,9,14,17,19H,6,8,10-13,15-16H2,1-5H3,(H,23,26)/t19-/m0/s1. The predicted molar refractivity (Wildman–Crippen MR) is 111 cm³/mol. The number of amides is 1. The van der Waals surface area contributed by atoms with Gasteiger partial charge in [0.25, 0.3) is 0 Å². The maximum atomic E-state index is 12.3. The molecule has 1 aromatic rings. The molecule has 27 heavy (non-hydrogen) atoms. The Kier molecular flexibility index (Phi) is 8.58. The van der Waals surface area contributed by atoms with Gasteiger partial charge in [0.15, 0.2) is 0 Å². The van der Waals surface area contributed by atoms with Crippen molar-refractivity contribution in [2.45, 2.75) is 53.1 Å². The lowest BCUT2D eigenvalue weighted by molar-refractivity contribution is -0.123. The first-order valence-corrected chi connectivity index (χ1v) is 10.2. The number of hydrogen-bond acceptors (Lipinski definition) is 4. The van der Waals surface area contributed by atoms with Crippen molar-refractivity contribution in [2.75, 3.05) is 39.8 Å². The number of piperazine rings is 1. The van der Waals surface area contributed by atoms with E-state index in [1.807, 2.05) is 6.07 Å². The second-order valence-electron chi connectivity index (χ2n) is 8.31. The molecule has 0 aliphatic carbocycles. The van der Waals surface area contributed by atoms with Gasteiger partial charge in [-0.25, -0.2) is 0 Å². The normalized spacial score (nSPS) is 17.1. The Bertz CT molecular complexity index is 595. The van der Waals surface area contributed by atoms with Gasteiger partial charge in [-0.3, -0.25) is 14.6 Å². The molecular formula is C22H37N3O2. The first-order chi connectivity index (χ1) is 12.9. The molecule has 1 N–H and O–H groups in total. The summed E-state index contributed by atoms with van der Waals surface area (Å²) in [4.78, 5) is 17.0. The van der Waals surface area contributed by atoms with Crippen LogP contribution < -0.4 is 10.1 Å². The van der Waals surface area contributed by atoms with Crippen LogP contribution in [0.15, 0.2) is 18.2 Å². The van der Waals surface area contributed by atoms with Crippen LogP contribution >= 0.6 is 0 Å². The van der Waals surface area contributed by atoms with Crippen LogP contribution in [0.2, 0.25) is 0 Å². The summed E-state index contributed by atoms with van der Waals surface area (Å²) < 4.78 is 5.50. The molecule has 0 spiro atoms. The summed E-state index contributed by atoms with van der Waals surface area (Å²) in [5, 5.41) is 3.14. The molecule has 2 rings (SSSR count). The number of rotatable bonds is 9. The molecule has 1 atom stereocenters. The minimum absolute atomic E-state index is 0.153. The van der Waals surface area contributed by atoms with E-state index in [0.717, 1.165) is 51.3 Å². The number of carbonyl (C=O) groups excluding carboxylic acids is 1. The molecular weight excluding hydrogens is 338 g/mol. The van der Waals surface area contributed by atoms with Crippen LogP contribution in [0.25, 0.3) is 0 Å². The van der Waals surface area contributed by atoms with Crippen LogP contribution in [-0.2, 0) is 11.3 Å². The molecule has 1 saturated heterocycles. The molecule has 0 radical (unpaired) electrons. The average Bonchev–Trinajstić information content (AvgIpc) is 2.62. The van der Waals surface area contributed by atoms with Crippen molar-refractivity contribution in [3.8, 4) is 5.75 Å². The highest BCUT2D eigenvalue weighted by molar-refractivity contribution is 5.78. The summed E-state index contributed by atoms with van der Waals surface area (Å²) in [5.74, 6) is 1.79. The zero-order valence-electron chi connectivity index (χ0n) is 17.8. The molecule has 1 aromatic carbocycles. The van der Waals surface area contributed by atoms with Crippen molar-refractivity contribution in [2.24, 2.45) is 5.92 Å². The third kappa shape index (κ3) is 7.51. The summed E-state index contributed by atoms with van der Waals surface area (Å²) in [7, 11) is 1.73. The zero-order chi connectivity index (χ0) is 19.8. The number of hydrogen-bond donors (Lipinski definition) is 1. The lowest BCUT2D eigenvalue weighted by Crippen LogP contribution is -2.50. The second-order valence-corrected chi connectivity index (χ2v) is 8.31. The number of aryl methyl sites for hydroxylation is 1. The monoisotopic (exact) mass is 375 g/mol. The van der Waals surface area contributed by atoms with Crippen molar-refractivity contribution in [3.05, 3.63) is 29.3 Å². The van der Waals surface area contributed by atoms with E-state index in [1.54, 1.807) is 7.11 Å². The number of ether oxygens (including phenoxy) is 1. The first-order valence-electron chi connectivity index (χ1n) is 10.2. The van der Waals surface area contributed by atoms with E-state index in [0.29, 0.717) is 12.5 Å². The van der Waals surface area contributed by atoms with Gasteiger partial charge in [0.1, 0.15) is 5.75 Å². The maximum absolute atomic E-state index is 12.3. The van der Waals surface area contributed by atoms with Crippen molar-refractivity contribution in [1.82, 2.24) is 15.1 Å². The molecule has 152 valence electrons. The molecule has 0 aromatic heterocycles. The van der Waals surface area contributed by atoms with Crippen LogP contribution in [0.1, 0.15) is 44.7 Å². The lowest BCUT2D eigenvalue weighted by Gasteiger charge is -2.34. The van der Waals surface area contributed by atoms with Gasteiger partial charge in [-0.05, 0) is 38.7 Å². The number of methoxy groups -OCH3 is 1. The molecule has 0 bridgehead atoms. The van der Waals surface area contributed by atoms with E-state index in [-0.39, 0.29) is 11.9 Å². The first kappa shape index (κ1) is 21.7. The Morgan fingerprint density at radius 2 is 1.78 bits per heavy atom. The molecule has 0 unspecified atom stereocenters.